The van der Waals surface area contributed by atoms with Crippen LogP contribution in [0.3, 0.4) is 0 Å². The molecule has 0 amide bonds. The number of aryl methyl sites for hydroxylation is 1. The molecule has 0 aliphatic heterocycles. The summed E-state index contributed by atoms with van der Waals surface area (Å²) in [6, 6.07) is 3.99. The van der Waals surface area contributed by atoms with Gasteiger partial charge < -0.3 is 5.11 Å². The lowest BCUT2D eigenvalue weighted by atomic mass is 9.78. The van der Waals surface area contributed by atoms with E-state index in [1.165, 1.54) is 24.8 Å². The molecule has 0 aromatic carbocycles. The predicted octanol–water partition coefficient (Wildman–Crippen LogP) is 3.69. The minimum atomic E-state index is -0.599. The highest BCUT2D eigenvalue weighted by atomic mass is 16.4. The minimum absolute atomic E-state index is 0.142. The van der Waals surface area contributed by atoms with Gasteiger partial charge in [-0.2, -0.15) is 0 Å². The molecule has 104 valence electrons. The predicted molar refractivity (Wildman–Crippen MR) is 74.9 cm³/mol. The fourth-order valence-electron chi connectivity index (χ4n) is 3.17. The van der Waals surface area contributed by atoms with Crippen molar-refractivity contribution in [2.75, 3.05) is 0 Å². The summed E-state index contributed by atoms with van der Waals surface area (Å²) in [5, 5.41) is 9.41. The maximum atomic E-state index is 11.4. The zero-order valence-electron chi connectivity index (χ0n) is 11.4. The molecule has 1 atom stereocenters. The van der Waals surface area contributed by atoms with Crippen LogP contribution in [0.25, 0.3) is 0 Å². The summed E-state index contributed by atoms with van der Waals surface area (Å²) in [5.74, 6) is -0.338. The number of carboxylic acids is 1. The second-order valence-corrected chi connectivity index (χ2v) is 5.60. The van der Waals surface area contributed by atoms with Crippen LogP contribution in [-0.2, 0) is 11.2 Å². The molecule has 3 nitrogen and oxygen atoms in total. The van der Waals surface area contributed by atoms with Gasteiger partial charge in [-0.25, -0.2) is 0 Å². The lowest BCUT2D eigenvalue weighted by Crippen LogP contribution is -2.25. The number of pyridine rings is 1. The summed E-state index contributed by atoms with van der Waals surface area (Å²) in [5.41, 5.74) is 1.20. The monoisotopic (exact) mass is 261 g/mol. The van der Waals surface area contributed by atoms with E-state index in [9.17, 15) is 9.90 Å². The van der Waals surface area contributed by atoms with Gasteiger partial charge in [-0.3, -0.25) is 9.78 Å². The highest BCUT2D eigenvalue weighted by Gasteiger charge is 2.28. The number of carbonyl (C=O) groups is 1. The molecule has 1 aliphatic rings. The van der Waals surface area contributed by atoms with Crippen LogP contribution >= 0.6 is 0 Å². The van der Waals surface area contributed by atoms with Gasteiger partial charge in [0.15, 0.2) is 0 Å². The van der Waals surface area contributed by atoms with Crippen LogP contribution < -0.4 is 0 Å². The molecule has 1 aromatic rings. The van der Waals surface area contributed by atoms with Crippen molar-refractivity contribution >= 4 is 5.97 Å². The molecule has 3 heteroatoms. The molecule has 1 aliphatic carbocycles. The van der Waals surface area contributed by atoms with Crippen molar-refractivity contribution in [1.29, 1.82) is 0 Å². The third-order valence-corrected chi connectivity index (χ3v) is 4.24. The average Bonchev–Trinajstić information content (AvgIpc) is 2.45. The average molecular weight is 261 g/mol. The van der Waals surface area contributed by atoms with E-state index in [2.05, 4.69) is 11.1 Å². The third-order valence-electron chi connectivity index (χ3n) is 4.24. The normalized spacial score (nSPS) is 18.1. The summed E-state index contributed by atoms with van der Waals surface area (Å²) in [6.07, 6.45) is 12.2. The second-order valence-electron chi connectivity index (χ2n) is 5.60. The molecule has 0 saturated heterocycles. The van der Waals surface area contributed by atoms with E-state index >= 15 is 0 Å². The van der Waals surface area contributed by atoms with Crippen molar-refractivity contribution in [2.45, 2.75) is 51.4 Å². The lowest BCUT2D eigenvalue weighted by Gasteiger charge is -2.27. The van der Waals surface area contributed by atoms with E-state index in [4.69, 9.17) is 0 Å². The summed E-state index contributed by atoms with van der Waals surface area (Å²) in [4.78, 5) is 15.5. The SMILES string of the molecule is O=C(O)C(CCCc1cccnc1)C1CCCCC1. The first-order chi connectivity index (χ1) is 9.27. The molecule has 1 N–H and O–H groups in total. The van der Waals surface area contributed by atoms with Gasteiger partial charge >= 0.3 is 5.97 Å². The van der Waals surface area contributed by atoms with Crippen LogP contribution in [0.2, 0.25) is 0 Å². The van der Waals surface area contributed by atoms with Crippen LogP contribution in [0.4, 0.5) is 0 Å². The second kappa shape index (κ2) is 7.27. The smallest absolute Gasteiger partial charge is 0.306 e. The fourth-order valence-corrected chi connectivity index (χ4v) is 3.17. The van der Waals surface area contributed by atoms with Crippen molar-refractivity contribution in [3.05, 3.63) is 30.1 Å². The van der Waals surface area contributed by atoms with Crippen molar-refractivity contribution in [3.8, 4) is 0 Å². The summed E-state index contributed by atoms with van der Waals surface area (Å²) in [7, 11) is 0. The van der Waals surface area contributed by atoms with Gasteiger partial charge in [0.2, 0.25) is 0 Å². The minimum Gasteiger partial charge on any atom is -0.481 e. The standard InChI is InChI=1S/C16H23NO2/c18-16(19)15(14-8-2-1-3-9-14)10-4-6-13-7-5-11-17-12-13/h5,7,11-12,14-15H,1-4,6,8-10H2,(H,18,19). The summed E-state index contributed by atoms with van der Waals surface area (Å²) >= 11 is 0. The van der Waals surface area contributed by atoms with Crippen LogP contribution in [0.1, 0.15) is 50.5 Å². The Labute approximate surface area is 115 Å². The van der Waals surface area contributed by atoms with Crippen molar-refractivity contribution in [3.63, 3.8) is 0 Å². The van der Waals surface area contributed by atoms with E-state index in [1.54, 1.807) is 6.20 Å². The van der Waals surface area contributed by atoms with Crippen LogP contribution in [0.5, 0.6) is 0 Å². The molecule has 1 saturated carbocycles. The Hall–Kier alpha value is -1.38. The first-order valence-electron chi connectivity index (χ1n) is 7.39. The first-order valence-corrected chi connectivity index (χ1v) is 7.39. The van der Waals surface area contributed by atoms with Gasteiger partial charge in [0.05, 0.1) is 5.92 Å². The summed E-state index contributed by atoms with van der Waals surface area (Å²) < 4.78 is 0. The highest BCUT2D eigenvalue weighted by molar-refractivity contribution is 5.70. The maximum Gasteiger partial charge on any atom is 0.306 e. The Morgan fingerprint density at radius 1 is 1.37 bits per heavy atom. The molecular formula is C16H23NO2. The molecule has 0 spiro atoms. The number of nitrogens with zero attached hydrogens (tertiary/aromatic N) is 1. The number of aromatic nitrogens is 1. The lowest BCUT2D eigenvalue weighted by molar-refractivity contribution is -0.144. The quantitative estimate of drug-likeness (QED) is 0.849. The Bertz CT molecular complexity index is 385. The van der Waals surface area contributed by atoms with E-state index in [0.717, 1.165) is 32.1 Å². The molecule has 1 heterocycles. The topological polar surface area (TPSA) is 50.2 Å². The van der Waals surface area contributed by atoms with Crippen molar-refractivity contribution in [2.24, 2.45) is 11.8 Å². The summed E-state index contributed by atoms with van der Waals surface area (Å²) in [6.45, 7) is 0. The molecule has 19 heavy (non-hydrogen) atoms. The highest BCUT2D eigenvalue weighted by Crippen LogP contribution is 2.32. The van der Waals surface area contributed by atoms with Gasteiger partial charge in [-0.15, -0.1) is 0 Å². The van der Waals surface area contributed by atoms with Gasteiger partial charge in [-0.1, -0.05) is 25.3 Å². The number of carboxylic acid groups (broad SMARTS) is 1. The first kappa shape index (κ1) is 14.0. The Morgan fingerprint density at radius 3 is 2.79 bits per heavy atom. The Balaban J connectivity index is 1.82. The molecule has 1 aromatic heterocycles. The fraction of sp³-hybridized carbons (Fsp3) is 0.625. The van der Waals surface area contributed by atoms with Gasteiger partial charge in [0.1, 0.15) is 0 Å². The Kier molecular flexibility index (Phi) is 5.37. The molecule has 2 rings (SSSR count). The van der Waals surface area contributed by atoms with E-state index in [-0.39, 0.29) is 5.92 Å². The molecular weight excluding hydrogens is 238 g/mol. The van der Waals surface area contributed by atoms with Gasteiger partial charge in [0.25, 0.3) is 0 Å². The van der Waals surface area contributed by atoms with Crippen LogP contribution in [0.15, 0.2) is 24.5 Å². The van der Waals surface area contributed by atoms with E-state index in [0.29, 0.717) is 5.92 Å². The zero-order chi connectivity index (χ0) is 13.5. The van der Waals surface area contributed by atoms with Gasteiger partial charge in [-0.05, 0) is 49.7 Å². The number of hydrogen-bond donors (Lipinski definition) is 1. The third kappa shape index (κ3) is 4.34. The molecule has 1 unspecified atom stereocenters. The maximum absolute atomic E-state index is 11.4. The number of hydrogen-bond acceptors (Lipinski definition) is 2. The molecule has 0 bridgehead atoms. The number of aliphatic carboxylic acids is 1. The van der Waals surface area contributed by atoms with E-state index in [1.807, 2.05) is 12.3 Å². The van der Waals surface area contributed by atoms with Gasteiger partial charge in [0, 0.05) is 12.4 Å². The van der Waals surface area contributed by atoms with Crippen molar-refractivity contribution < 1.29 is 9.90 Å². The van der Waals surface area contributed by atoms with Crippen LogP contribution in [0, 0.1) is 11.8 Å². The Morgan fingerprint density at radius 2 is 2.16 bits per heavy atom. The number of rotatable bonds is 6. The molecule has 0 radical (unpaired) electrons. The van der Waals surface area contributed by atoms with E-state index < -0.39 is 5.97 Å². The van der Waals surface area contributed by atoms with Crippen molar-refractivity contribution in [1.82, 2.24) is 4.98 Å². The largest absolute Gasteiger partial charge is 0.481 e. The molecule has 1 fully saturated rings. The van der Waals surface area contributed by atoms with Crippen LogP contribution in [-0.4, -0.2) is 16.1 Å². The zero-order valence-corrected chi connectivity index (χ0v) is 11.4.